The molecule has 0 aromatic carbocycles. The number of rotatable bonds is 6. The van der Waals surface area contributed by atoms with Gasteiger partial charge in [0, 0.05) is 6.20 Å². The van der Waals surface area contributed by atoms with Gasteiger partial charge in [-0.2, -0.15) is 4.98 Å². The van der Waals surface area contributed by atoms with Gasteiger partial charge in [-0.15, -0.1) is 0 Å². The lowest BCUT2D eigenvalue weighted by Crippen LogP contribution is -2.38. The Morgan fingerprint density at radius 2 is 2.04 bits per heavy atom. The van der Waals surface area contributed by atoms with Gasteiger partial charge in [0.25, 0.3) is 0 Å². The predicted molar refractivity (Wildman–Crippen MR) is 82.2 cm³/mol. The Kier molecular flexibility index (Phi) is 6.17. The van der Waals surface area contributed by atoms with Crippen molar-refractivity contribution < 1.29 is 29.6 Å². The fourth-order valence-electron chi connectivity index (χ4n) is 2.22. The van der Waals surface area contributed by atoms with Crippen LogP contribution in [0.2, 0.25) is 0 Å². The highest BCUT2D eigenvalue weighted by molar-refractivity contribution is 5.93. The first-order valence-corrected chi connectivity index (χ1v) is 7.35. The summed E-state index contributed by atoms with van der Waals surface area (Å²) >= 11 is 0. The van der Waals surface area contributed by atoms with E-state index in [0.29, 0.717) is 0 Å². The fraction of sp³-hybridized carbons (Fsp3) is 0.538. The molecule has 1 aromatic heterocycles. The first-order chi connectivity index (χ1) is 11.9. The molecule has 12 nitrogen and oxygen atoms in total. The summed E-state index contributed by atoms with van der Waals surface area (Å²) in [4.78, 5) is 38.2. The van der Waals surface area contributed by atoms with Crippen LogP contribution in [0.25, 0.3) is 0 Å². The lowest BCUT2D eigenvalue weighted by molar-refractivity contribution is -0.123. The molecular weight excluding hydrogens is 338 g/mol. The lowest BCUT2D eigenvalue weighted by Gasteiger charge is -2.17. The van der Waals surface area contributed by atoms with E-state index in [1.54, 1.807) is 0 Å². The van der Waals surface area contributed by atoms with E-state index in [1.165, 1.54) is 12.3 Å². The molecule has 1 aliphatic heterocycles. The smallest absolute Gasteiger partial charge is 0.351 e. The summed E-state index contributed by atoms with van der Waals surface area (Å²) in [5.74, 6) is -1.19. The number of ether oxygens (including phenoxy) is 1. The van der Waals surface area contributed by atoms with Gasteiger partial charge in [-0.05, 0) is 6.07 Å². The lowest BCUT2D eigenvalue weighted by atomic mass is 10.1. The largest absolute Gasteiger partial charge is 0.394 e. The molecule has 0 aliphatic carbocycles. The predicted octanol–water partition coefficient (Wildman–Crippen LogP) is -4.13. The Bertz CT molecular complexity index is 694. The molecule has 138 valence electrons. The maximum Gasteiger partial charge on any atom is 0.351 e. The zero-order valence-electron chi connectivity index (χ0n) is 13.0. The second kappa shape index (κ2) is 8.13. The number of hydrogen-bond acceptors (Lipinski definition) is 9. The van der Waals surface area contributed by atoms with Crippen molar-refractivity contribution in [2.24, 2.45) is 5.73 Å². The van der Waals surface area contributed by atoms with Crippen LogP contribution in [0.1, 0.15) is 6.23 Å². The van der Waals surface area contributed by atoms with Gasteiger partial charge in [0.05, 0.1) is 19.7 Å². The number of aliphatic hydroxyl groups excluding tert-OH is 3. The summed E-state index contributed by atoms with van der Waals surface area (Å²) in [5, 5.41) is 33.2. The van der Waals surface area contributed by atoms with Crippen molar-refractivity contribution in [3.8, 4) is 0 Å². The molecule has 4 atom stereocenters. The van der Waals surface area contributed by atoms with Crippen molar-refractivity contribution in [1.29, 1.82) is 0 Å². The first kappa shape index (κ1) is 19.0. The van der Waals surface area contributed by atoms with Gasteiger partial charge in [0.2, 0.25) is 11.8 Å². The van der Waals surface area contributed by atoms with E-state index < -0.39 is 48.7 Å². The maximum atomic E-state index is 12.0. The van der Waals surface area contributed by atoms with Crippen molar-refractivity contribution >= 4 is 17.6 Å². The van der Waals surface area contributed by atoms with Crippen LogP contribution in [-0.2, 0) is 14.3 Å². The van der Waals surface area contributed by atoms with Crippen molar-refractivity contribution in [3.05, 3.63) is 22.7 Å². The van der Waals surface area contributed by atoms with Gasteiger partial charge < -0.3 is 36.4 Å². The highest BCUT2D eigenvalue weighted by Gasteiger charge is 2.43. The third-order valence-electron chi connectivity index (χ3n) is 3.52. The SMILES string of the molecule is NCC(=O)NCC(=O)Nc1ccn(C2OC(CO)C(O)C2O)c(=O)n1. The third-order valence-corrected chi connectivity index (χ3v) is 3.52. The zero-order valence-corrected chi connectivity index (χ0v) is 13.0. The fourth-order valence-corrected chi connectivity index (χ4v) is 2.22. The molecule has 4 unspecified atom stereocenters. The average molecular weight is 357 g/mol. The summed E-state index contributed by atoms with van der Waals surface area (Å²) < 4.78 is 6.15. The van der Waals surface area contributed by atoms with E-state index in [4.69, 9.17) is 15.6 Å². The Hall–Kier alpha value is -2.38. The molecule has 2 heterocycles. The number of aromatic nitrogens is 2. The Morgan fingerprint density at radius 3 is 2.60 bits per heavy atom. The molecule has 12 heteroatoms. The summed E-state index contributed by atoms with van der Waals surface area (Å²) in [7, 11) is 0. The molecule has 0 spiro atoms. The van der Waals surface area contributed by atoms with E-state index in [1.807, 2.05) is 0 Å². The highest BCUT2D eigenvalue weighted by Crippen LogP contribution is 2.28. The molecule has 1 saturated heterocycles. The maximum absolute atomic E-state index is 12.0. The van der Waals surface area contributed by atoms with Gasteiger partial charge >= 0.3 is 5.69 Å². The minimum absolute atomic E-state index is 0.0695. The first-order valence-electron chi connectivity index (χ1n) is 7.35. The summed E-state index contributed by atoms with van der Waals surface area (Å²) in [6.07, 6.45) is -3.82. The van der Waals surface area contributed by atoms with Gasteiger partial charge in [-0.3, -0.25) is 14.2 Å². The molecule has 0 radical (unpaired) electrons. The topological polar surface area (TPSA) is 189 Å². The van der Waals surface area contributed by atoms with Crippen LogP contribution >= 0.6 is 0 Å². The Labute approximate surface area is 141 Å². The molecule has 2 amide bonds. The van der Waals surface area contributed by atoms with Crippen LogP contribution in [0.5, 0.6) is 0 Å². The van der Waals surface area contributed by atoms with Crippen LogP contribution in [-0.4, -0.2) is 74.7 Å². The number of nitrogens with one attached hydrogen (secondary N) is 2. The average Bonchev–Trinajstić information content (AvgIpc) is 2.88. The number of aliphatic hydroxyl groups is 3. The van der Waals surface area contributed by atoms with E-state index in [-0.39, 0.29) is 18.9 Å². The van der Waals surface area contributed by atoms with Gasteiger partial charge in [0.1, 0.15) is 24.1 Å². The van der Waals surface area contributed by atoms with Crippen molar-refractivity contribution in [3.63, 3.8) is 0 Å². The molecule has 1 aromatic rings. The van der Waals surface area contributed by atoms with E-state index >= 15 is 0 Å². The van der Waals surface area contributed by atoms with E-state index in [2.05, 4.69) is 15.6 Å². The number of carbonyl (C=O) groups is 2. The highest BCUT2D eigenvalue weighted by atomic mass is 16.6. The second-order valence-corrected chi connectivity index (χ2v) is 5.26. The Morgan fingerprint density at radius 1 is 1.32 bits per heavy atom. The molecule has 1 aliphatic rings. The van der Waals surface area contributed by atoms with Gasteiger partial charge in [0.15, 0.2) is 6.23 Å². The summed E-state index contributed by atoms with van der Waals surface area (Å²) in [5.41, 5.74) is 4.23. The minimum atomic E-state index is -1.43. The molecule has 0 bridgehead atoms. The summed E-state index contributed by atoms with van der Waals surface area (Å²) in [6.45, 7) is -1.12. The number of hydrogen-bond donors (Lipinski definition) is 6. The molecule has 1 fully saturated rings. The van der Waals surface area contributed by atoms with Crippen LogP contribution in [0.15, 0.2) is 17.1 Å². The normalized spacial score (nSPS) is 25.6. The molecule has 2 rings (SSSR count). The number of anilines is 1. The van der Waals surface area contributed by atoms with E-state index in [0.717, 1.165) is 4.57 Å². The van der Waals surface area contributed by atoms with Crippen molar-refractivity contribution in [1.82, 2.24) is 14.9 Å². The van der Waals surface area contributed by atoms with Crippen LogP contribution < -0.4 is 22.1 Å². The van der Waals surface area contributed by atoms with Crippen LogP contribution in [0.4, 0.5) is 5.82 Å². The second-order valence-electron chi connectivity index (χ2n) is 5.26. The van der Waals surface area contributed by atoms with Crippen molar-refractivity contribution in [2.75, 3.05) is 25.0 Å². The Balaban J connectivity index is 2.05. The molecular formula is C13H19N5O7. The van der Waals surface area contributed by atoms with Gasteiger partial charge in [-0.1, -0.05) is 0 Å². The van der Waals surface area contributed by atoms with Crippen LogP contribution in [0.3, 0.4) is 0 Å². The number of nitrogens with zero attached hydrogens (tertiary/aromatic N) is 2. The number of nitrogens with two attached hydrogens (primary N) is 1. The third kappa shape index (κ3) is 4.37. The number of amides is 2. The zero-order chi connectivity index (χ0) is 18.6. The standard InChI is InChI=1S/C13H19N5O7/c14-3-8(20)15-4-9(21)16-7-1-2-18(13(24)17-7)12-11(23)10(22)6(5-19)25-12/h1-2,6,10-12,19,22-23H,3-5,14H2,(H,15,20)(H,16,17,21,24). The van der Waals surface area contributed by atoms with Crippen molar-refractivity contribution in [2.45, 2.75) is 24.5 Å². The minimum Gasteiger partial charge on any atom is -0.394 e. The summed E-state index contributed by atoms with van der Waals surface area (Å²) in [6, 6.07) is 1.28. The molecule has 7 N–H and O–H groups in total. The molecule has 0 saturated carbocycles. The number of carbonyl (C=O) groups excluding carboxylic acids is 2. The quantitative estimate of drug-likeness (QED) is 0.294. The molecule has 25 heavy (non-hydrogen) atoms. The monoisotopic (exact) mass is 357 g/mol. The van der Waals surface area contributed by atoms with Crippen LogP contribution in [0, 0.1) is 0 Å². The van der Waals surface area contributed by atoms with E-state index in [9.17, 15) is 24.6 Å². The van der Waals surface area contributed by atoms with Gasteiger partial charge in [-0.25, -0.2) is 4.79 Å².